The van der Waals surface area contributed by atoms with Crippen LogP contribution in [0, 0.1) is 6.92 Å². The van der Waals surface area contributed by atoms with Gasteiger partial charge in [-0.1, -0.05) is 24.3 Å². The molecule has 23 heavy (non-hydrogen) atoms. The van der Waals surface area contributed by atoms with Crippen LogP contribution in [0.4, 0.5) is 0 Å². The predicted octanol–water partition coefficient (Wildman–Crippen LogP) is 3.02. The summed E-state index contributed by atoms with van der Waals surface area (Å²) in [5.74, 6) is 1.02. The van der Waals surface area contributed by atoms with E-state index in [4.69, 9.17) is 4.99 Å². The Bertz CT molecular complexity index is 677. The lowest BCUT2D eigenvalue weighted by Gasteiger charge is -2.31. The summed E-state index contributed by atoms with van der Waals surface area (Å²) >= 11 is 1.71. The quantitative estimate of drug-likeness (QED) is 0.693. The van der Waals surface area contributed by atoms with E-state index < -0.39 is 0 Å². The lowest BCUT2D eigenvalue weighted by atomic mass is 10.0. The zero-order valence-corrected chi connectivity index (χ0v) is 14.7. The van der Waals surface area contributed by atoms with Gasteiger partial charge in [0.25, 0.3) is 0 Å². The van der Waals surface area contributed by atoms with E-state index in [1.54, 1.807) is 11.3 Å². The summed E-state index contributed by atoms with van der Waals surface area (Å²) in [5.41, 5.74) is 4.04. The van der Waals surface area contributed by atoms with Gasteiger partial charge in [-0.15, -0.1) is 11.3 Å². The predicted molar refractivity (Wildman–Crippen MR) is 97.1 cm³/mol. The fraction of sp³-hybridized carbons (Fsp3) is 0.444. The molecule has 0 spiro atoms. The van der Waals surface area contributed by atoms with Gasteiger partial charge >= 0.3 is 0 Å². The molecule has 1 aromatic carbocycles. The molecule has 5 heteroatoms. The molecule has 0 saturated carbocycles. The van der Waals surface area contributed by atoms with Gasteiger partial charge in [-0.2, -0.15) is 0 Å². The first-order valence-electron chi connectivity index (χ1n) is 8.27. The van der Waals surface area contributed by atoms with Crippen molar-refractivity contribution in [1.82, 2.24) is 15.2 Å². The van der Waals surface area contributed by atoms with E-state index in [9.17, 15) is 0 Å². The molecule has 0 fully saturated rings. The number of hydrogen-bond acceptors (Lipinski definition) is 3. The van der Waals surface area contributed by atoms with Crippen LogP contribution < -0.4 is 5.32 Å². The van der Waals surface area contributed by atoms with E-state index >= 15 is 0 Å². The highest BCUT2D eigenvalue weighted by Gasteiger charge is 2.18. The lowest BCUT2D eigenvalue weighted by Crippen LogP contribution is -2.44. The largest absolute Gasteiger partial charge is 0.357 e. The molecule has 2 heterocycles. The molecule has 3 rings (SSSR count). The molecule has 0 atom stereocenters. The van der Waals surface area contributed by atoms with E-state index in [2.05, 4.69) is 51.8 Å². The van der Waals surface area contributed by atoms with Crippen molar-refractivity contribution in [2.75, 3.05) is 19.6 Å². The number of rotatable bonds is 4. The highest BCUT2D eigenvalue weighted by Crippen LogP contribution is 2.18. The van der Waals surface area contributed by atoms with Crippen LogP contribution in [0.3, 0.4) is 0 Å². The van der Waals surface area contributed by atoms with Crippen LogP contribution in [0.1, 0.15) is 28.8 Å². The van der Waals surface area contributed by atoms with Crippen LogP contribution in [0.5, 0.6) is 0 Å². The molecule has 1 aromatic heterocycles. The fourth-order valence-corrected chi connectivity index (χ4v) is 3.55. The lowest BCUT2D eigenvalue weighted by molar-refractivity contribution is 0.379. The minimum atomic E-state index is 0.781. The first-order valence-corrected chi connectivity index (χ1v) is 9.15. The molecule has 0 radical (unpaired) electrons. The number of thiazole rings is 1. The van der Waals surface area contributed by atoms with Gasteiger partial charge in [0.05, 0.1) is 10.7 Å². The Labute approximate surface area is 142 Å². The Morgan fingerprint density at radius 2 is 2.17 bits per heavy atom. The minimum Gasteiger partial charge on any atom is -0.357 e. The average Bonchev–Trinajstić information content (AvgIpc) is 2.99. The average molecular weight is 328 g/mol. The minimum absolute atomic E-state index is 0.781. The van der Waals surface area contributed by atoms with E-state index in [1.165, 1.54) is 11.1 Å². The Morgan fingerprint density at radius 1 is 1.35 bits per heavy atom. The van der Waals surface area contributed by atoms with Crippen molar-refractivity contribution in [3.63, 3.8) is 0 Å². The molecular weight excluding hydrogens is 304 g/mol. The molecule has 2 aromatic rings. The van der Waals surface area contributed by atoms with Crippen molar-refractivity contribution in [2.45, 2.75) is 33.2 Å². The van der Waals surface area contributed by atoms with Gasteiger partial charge in [0.2, 0.25) is 0 Å². The van der Waals surface area contributed by atoms with Gasteiger partial charge in [-0.3, -0.25) is 4.99 Å². The third-order valence-corrected chi connectivity index (χ3v) is 4.88. The van der Waals surface area contributed by atoms with Gasteiger partial charge < -0.3 is 10.2 Å². The van der Waals surface area contributed by atoms with E-state index in [0.29, 0.717) is 0 Å². The number of fused-ring (bicyclic) bond motifs is 1. The first kappa shape index (κ1) is 16.0. The molecule has 0 aliphatic carbocycles. The summed E-state index contributed by atoms with van der Waals surface area (Å²) in [6, 6.07) is 8.71. The molecule has 122 valence electrons. The highest BCUT2D eigenvalue weighted by molar-refractivity contribution is 7.09. The van der Waals surface area contributed by atoms with Crippen molar-refractivity contribution >= 4 is 17.3 Å². The summed E-state index contributed by atoms with van der Waals surface area (Å²) in [6.07, 6.45) is 2.00. The van der Waals surface area contributed by atoms with Crippen LogP contribution in [-0.2, 0) is 19.4 Å². The van der Waals surface area contributed by atoms with Crippen molar-refractivity contribution in [1.29, 1.82) is 0 Å². The maximum Gasteiger partial charge on any atom is 0.194 e. The van der Waals surface area contributed by atoms with Crippen LogP contribution in [0.15, 0.2) is 34.6 Å². The SMILES string of the molecule is CCNC(=NCCc1csc(C)n1)N1CCc2ccccc2C1. The number of aliphatic imine (C=N–C) groups is 1. The van der Waals surface area contributed by atoms with Crippen molar-refractivity contribution < 1.29 is 0 Å². The number of hydrogen-bond donors (Lipinski definition) is 1. The second-order valence-electron chi connectivity index (χ2n) is 5.78. The molecule has 0 bridgehead atoms. The third kappa shape index (κ3) is 4.10. The fourth-order valence-electron chi connectivity index (χ4n) is 2.90. The van der Waals surface area contributed by atoms with Crippen LogP contribution in [-0.4, -0.2) is 35.5 Å². The maximum atomic E-state index is 4.81. The standard InChI is InChI=1S/C18H24N4S/c1-3-19-18(20-10-8-17-13-23-14(2)21-17)22-11-9-15-6-4-5-7-16(15)12-22/h4-7,13H,3,8-12H2,1-2H3,(H,19,20). The number of nitrogens with one attached hydrogen (secondary N) is 1. The zero-order valence-electron chi connectivity index (χ0n) is 13.9. The number of aryl methyl sites for hydroxylation is 1. The second kappa shape index (κ2) is 7.59. The number of nitrogens with zero attached hydrogens (tertiary/aromatic N) is 3. The van der Waals surface area contributed by atoms with Crippen LogP contribution in [0.25, 0.3) is 0 Å². The van der Waals surface area contributed by atoms with E-state index in [0.717, 1.165) is 55.7 Å². The Hall–Kier alpha value is -1.88. The van der Waals surface area contributed by atoms with Crippen LogP contribution >= 0.6 is 11.3 Å². The second-order valence-corrected chi connectivity index (χ2v) is 6.85. The summed E-state index contributed by atoms with van der Waals surface area (Å²) in [4.78, 5) is 11.7. The Balaban J connectivity index is 1.65. The van der Waals surface area contributed by atoms with Gasteiger partial charge in [0.15, 0.2) is 5.96 Å². The van der Waals surface area contributed by atoms with E-state index in [1.807, 2.05) is 6.92 Å². The molecular formula is C18H24N4S. The van der Waals surface area contributed by atoms with Crippen molar-refractivity contribution in [3.8, 4) is 0 Å². The molecule has 0 unspecified atom stereocenters. The molecule has 1 aliphatic heterocycles. The highest BCUT2D eigenvalue weighted by atomic mass is 32.1. The summed E-state index contributed by atoms with van der Waals surface area (Å²) in [6.45, 7) is 7.82. The molecule has 0 saturated heterocycles. The molecule has 4 nitrogen and oxygen atoms in total. The number of aromatic nitrogens is 1. The van der Waals surface area contributed by atoms with Crippen molar-refractivity contribution in [2.24, 2.45) is 4.99 Å². The van der Waals surface area contributed by atoms with Gasteiger partial charge in [-0.05, 0) is 31.4 Å². The first-order chi connectivity index (χ1) is 11.3. The smallest absolute Gasteiger partial charge is 0.194 e. The number of benzene rings is 1. The van der Waals surface area contributed by atoms with Gasteiger partial charge in [0, 0.05) is 38.0 Å². The summed E-state index contributed by atoms with van der Waals surface area (Å²) < 4.78 is 0. The third-order valence-electron chi connectivity index (χ3n) is 4.06. The Morgan fingerprint density at radius 3 is 2.91 bits per heavy atom. The van der Waals surface area contributed by atoms with Crippen LogP contribution in [0.2, 0.25) is 0 Å². The Kier molecular flexibility index (Phi) is 5.28. The number of guanidine groups is 1. The van der Waals surface area contributed by atoms with Crippen molar-refractivity contribution in [3.05, 3.63) is 51.5 Å². The summed E-state index contributed by atoms with van der Waals surface area (Å²) in [5, 5.41) is 6.69. The monoisotopic (exact) mass is 328 g/mol. The topological polar surface area (TPSA) is 40.5 Å². The molecule has 1 aliphatic rings. The summed E-state index contributed by atoms with van der Waals surface area (Å²) in [7, 11) is 0. The van der Waals surface area contributed by atoms with E-state index in [-0.39, 0.29) is 0 Å². The van der Waals surface area contributed by atoms with Gasteiger partial charge in [0.1, 0.15) is 0 Å². The molecule has 0 amide bonds. The molecule has 1 N–H and O–H groups in total. The normalized spacial score (nSPS) is 14.7. The van der Waals surface area contributed by atoms with Gasteiger partial charge in [-0.25, -0.2) is 4.98 Å². The maximum absolute atomic E-state index is 4.81. The zero-order chi connectivity index (χ0) is 16.1.